The molecule has 0 bridgehead atoms. The van der Waals surface area contributed by atoms with Gasteiger partial charge >= 0.3 is 0 Å². The van der Waals surface area contributed by atoms with Crippen LogP contribution in [0.5, 0.6) is 5.75 Å². The Morgan fingerprint density at radius 3 is 2.33 bits per heavy atom. The van der Waals surface area contributed by atoms with Gasteiger partial charge in [0, 0.05) is 29.6 Å². The number of hydrogen-bond acceptors (Lipinski definition) is 6. The maximum Gasteiger partial charge on any atom is 0.258 e. The molecule has 1 saturated heterocycles. The Hall–Kier alpha value is -3.48. The van der Waals surface area contributed by atoms with Gasteiger partial charge in [0.15, 0.2) is 0 Å². The standard InChI is InChI=1S/C30H33N3O3/c1-20(2)21-12-14-24(15-13-21)30(34,29(3)18-33(4)19-29)25-10-6-9-23(16-25)28-31-27(32-36-28)22-8-7-11-26(17-22)35-5/h6-17,20,34H,18-19H2,1-5H3/t30-/m0/s1. The van der Waals surface area contributed by atoms with Crippen molar-refractivity contribution < 1.29 is 14.4 Å². The van der Waals surface area contributed by atoms with Crippen molar-refractivity contribution in [3.63, 3.8) is 0 Å². The third kappa shape index (κ3) is 4.10. The SMILES string of the molecule is COc1cccc(-c2noc(-c3cccc([C@@](O)(c4ccc(C(C)C)cc4)C4(C)CN(C)C4)c3)n2)c1. The summed E-state index contributed by atoms with van der Waals surface area (Å²) in [5.41, 5.74) is 3.01. The second-order valence-electron chi connectivity index (χ2n) is 10.5. The molecule has 0 saturated carbocycles. The number of aliphatic hydroxyl groups is 1. The van der Waals surface area contributed by atoms with Gasteiger partial charge in [0.25, 0.3) is 5.89 Å². The minimum absolute atomic E-state index is 0.347. The number of likely N-dealkylation sites (tertiary alicyclic amines) is 1. The predicted octanol–water partition coefficient (Wildman–Crippen LogP) is 5.72. The van der Waals surface area contributed by atoms with E-state index in [4.69, 9.17) is 9.26 Å². The van der Waals surface area contributed by atoms with E-state index in [9.17, 15) is 5.11 Å². The molecular formula is C30H33N3O3. The molecule has 1 atom stereocenters. The lowest BCUT2D eigenvalue weighted by atomic mass is 9.62. The summed E-state index contributed by atoms with van der Waals surface area (Å²) in [6.45, 7) is 8.10. The van der Waals surface area contributed by atoms with Crippen molar-refractivity contribution in [3.8, 4) is 28.6 Å². The lowest BCUT2D eigenvalue weighted by molar-refractivity contribution is -0.127. The summed E-state index contributed by atoms with van der Waals surface area (Å²) in [5.74, 6) is 2.05. The first-order valence-electron chi connectivity index (χ1n) is 12.3. The summed E-state index contributed by atoms with van der Waals surface area (Å²) in [6.07, 6.45) is 0. The highest BCUT2D eigenvalue weighted by Crippen LogP contribution is 2.50. The van der Waals surface area contributed by atoms with Crippen LogP contribution in [-0.4, -0.2) is 47.4 Å². The van der Waals surface area contributed by atoms with Gasteiger partial charge < -0.3 is 19.3 Å². The molecule has 2 heterocycles. The minimum atomic E-state index is -1.18. The molecule has 0 radical (unpaired) electrons. The van der Waals surface area contributed by atoms with Gasteiger partial charge in [-0.3, -0.25) is 0 Å². The van der Waals surface area contributed by atoms with Gasteiger partial charge in [-0.25, -0.2) is 0 Å². The Morgan fingerprint density at radius 1 is 0.972 bits per heavy atom. The lowest BCUT2D eigenvalue weighted by Crippen LogP contribution is -2.63. The molecule has 1 aliphatic heterocycles. The van der Waals surface area contributed by atoms with Crippen LogP contribution < -0.4 is 4.74 Å². The molecule has 36 heavy (non-hydrogen) atoms. The average Bonchev–Trinajstić information content (AvgIpc) is 3.38. The van der Waals surface area contributed by atoms with Crippen molar-refractivity contribution in [1.29, 1.82) is 0 Å². The van der Waals surface area contributed by atoms with Crippen molar-refractivity contribution >= 4 is 0 Å². The molecular weight excluding hydrogens is 450 g/mol. The normalized spacial score (nSPS) is 17.0. The van der Waals surface area contributed by atoms with Crippen LogP contribution in [0.15, 0.2) is 77.3 Å². The smallest absolute Gasteiger partial charge is 0.258 e. The van der Waals surface area contributed by atoms with Crippen molar-refractivity contribution in [2.45, 2.75) is 32.3 Å². The quantitative estimate of drug-likeness (QED) is 0.362. The number of methoxy groups -OCH3 is 1. The van der Waals surface area contributed by atoms with Gasteiger partial charge in [0.1, 0.15) is 11.4 Å². The first-order chi connectivity index (χ1) is 17.2. The third-order valence-corrected chi connectivity index (χ3v) is 7.39. The van der Waals surface area contributed by atoms with E-state index < -0.39 is 5.60 Å². The van der Waals surface area contributed by atoms with E-state index in [1.165, 1.54) is 5.56 Å². The maximum atomic E-state index is 12.5. The molecule has 1 aliphatic rings. The van der Waals surface area contributed by atoms with Crippen LogP contribution in [0.25, 0.3) is 22.8 Å². The third-order valence-electron chi connectivity index (χ3n) is 7.39. The van der Waals surface area contributed by atoms with Crippen LogP contribution in [0.4, 0.5) is 0 Å². The highest BCUT2D eigenvalue weighted by molar-refractivity contribution is 5.62. The van der Waals surface area contributed by atoms with Crippen LogP contribution in [0.2, 0.25) is 0 Å². The van der Waals surface area contributed by atoms with E-state index in [0.717, 1.165) is 41.1 Å². The second kappa shape index (κ2) is 9.19. The maximum absolute atomic E-state index is 12.5. The van der Waals surface area contributed by atoms with Crippen LogP contribution >= 0.6 is 0 Å². The van der Waals surface area contributed by atoms with Gasteiger partial charge in [-0.1, -0.05) is 74.5 Å². The van der Waals surface area contributed by atoms with Gasteiger partial charge in [-0.2, -0.15) is 4.98 Å². The molecule has 5 rings (SSSR count). The molecule has 3 aromatic carbocycles. The van der Waals surface area contributed by atoms with Crippen molar-refractivity contribution in [3.05, 3.63) is 89.5 Å². The number of hydrogen-bond donors (Lipinski definition) is 1. The molecule has 0 aliphatic carbocycles. The fourth-order valence-electron chi connectivity index (χ4n) is 5.44. The van der Waals surface area contributed by atoms with Gasteiger partial charge in [0.2, 0.25) is 5.82 Å². The summed E-state index contributed by atoms with van der Waals surface area (Å²) >= 11 is 0. The van der Waals surface area contributed by atoms with E-state index in [1.807, 2.05) is 48.5 Å². The summed E-state index contributed by atoms with van der Waals surface area (Å²) < 4.78 is 11.0. The second-order valence-corrected chi connectivity index (χ2v) is 10.5. The topological polar surface area (TPSA) is 71.6 Å². The van der Waals surface area contributed by atoms with Gasteiger partial charge in [-0.15, -0.1) is 0 Å². The number of benzene rings is 3. The van der Waals surface area contributed by atoms with Crippen molar-refractivity contribution in [1.82, 2.24) is 15.0 Å². The van der Waals surface area contributed by atoms with Crippen molar-refractivity contribution in [2.75, 3.05) is 27.2 Å². The van der Waals surface area contributed by atoms with E-state index in [-0.39, 0.29) is 5.41 Å². The largest absolute Gasteiger partial charge is 0.497 e. The Morgan fingerprint density at radius 2 is 1.67 bits per heavy atom. The van der Waals surface area contributed by atoms with E-state index >= 15 is 0 Å². The molecule has 1 N–H and O–H groups in total. The molecule has 1 fully saturated rings. The van der Waals surface area contributed by atoms with Gasteiger partial charge in [0.05, 0.1) is 7.11 Å². The summed E-state index contributed by atoms with van der Waals surface area (Å²) in [4.78, 5) is 6.87. The molecule has 0 spiro atoms. The average molecular weight is 484 g/mol. The first-order valence-corrected chi connectivity index (χ1v) is 12.3. The number of ether oxygens (including phenoxy) is 1. The monoisotopic (exact) mass is 483 g/mol. The molecule has 6 heteroatoms. The Balaban J connectivity index is 1.55. The number of aromatic nitrogens is 2. The zero-order valence-corrected chi connectivity index (χ0v) is 21.5. The molecule has 0 unspecified atom stereocenters. The van der Waals surface area contributed by atoms with E-state index in [1.54, 1.807) is 7.11 Å². The Kier molecular flexibility index (Phi) is 6.18. The molecule has 6 nitrogen and oxygen atoms in total. The highest BCUT2D eigenvalue weighted by Gasteiger charge is 2.55. The molecule has 186 valence electrons. The van der Waals surface area contributed by atoms with Crippen LogP contribution in [-0.2, 0) is 5.60 Å². The first kappa shape index (κ1) is 24.2. The van der Waals surface area contributed by atoms with E-state index in [0.29, 0.717) is 17.6 Å². The summed E-state index contributed by atoms with van der Waals surface area (Å²) in [7, 11) is 3.71. The highest BCUT2D eigenvalue weighted by atomic mass is 16.5. The number of rotatable bonds is 7. The zero-order valence-electron chi connectivity index (χ0n) is 21.5. The molecule has 1 aromatic heterocycles. The fourth-order valence-corrected chi connectivity index (χ4v) is 5.44. The molecule has 4 aromatic rings. The lowest BCUT2D eigenvalue weighted by Gasteiger charge is -2.56. The molecule has 0 amide bonds. The fraction of sp³-hybridized carbons (Fsp3) is 0.333. The minimum Gasteiger partial charge on any atom is -0.497 e. The van der Waals surface area contributed by atoms with Gasteiger partial charge in [-0.05, 0) is 53.9 Å². The zero-order chi connectivity index (χ0) is 25.5. The summed E-state index contributed by atoms with van der Waals surface area (Å²) in [5, 5.41) is 16.7. The van der Waals surface area contributed by atoms with Crippen molar-refractivity contribution in [2.24, 2.45) is 5.41 Å². The Bertz CT molecular complexity index is 1360. The van der Waals surface area contributed by atoms with E-state index in [2.05, 4.69) is 67.1 Å². The van der Waals surface area contributed by atoms with Crippen LogP contribution in [0.1, 0.15) is 43.4 Å². The predicted molar refractivity (Wildman–Crippen MR) is 141 cm³/mol. The summed E-state index contributed by atoms with van der Waals surface area (Å²) in [6, 6.07) is 23.8. The van der Waals surface area contributed by atoms with Crippen LogP contribution in [0.3, 0.4) is 0 Å². The Labute approximate surface area is 212 Å². The van der Waals surface area contributed by atoms with Crippen LogP contribution in [0, 0.1) is 5.41 Å². The number of nitrogens with zero attached hydrogens (tertiary/aromatic N) is 3.